The van der Waals surface area contributed by atoms with Crippen LogP contribution in [-0.2, 0) is 6.42 Å². The second-order valence-electron chi connectivity index (χ2n) is 5.11. The van der Waals surface area contributed by atoms with E-state index < -0.39 is 0 Å². The van der Waals surface area contributed by atoms with Gasteiger partial charge in [-0.05, 0) is 44.0 Å². The third-order valence-corrected chi connectivity index (χ3v) is 3.71. The van der Waals surface area contributed by atoms with Gasteiger partial charge in [0.05, 0.1) is 6.20 Å². The summed E-state index contributed by atoms with van der Waals surface area (Å²) in [7, 11) is 0. The zero-order valence-corrected chi connectivity index (χ0v) is 12.5. The normalized spacial score (nSPS) is 14.7. The van der Waals surface area contributed by atoms with Crippen molar-refractivity contribution in [3.05, 3.63) is 40.3 Å². The highest BCUT2D eigenvalue weighted by atomic mass is 35.5. The van der Waals surface area contributed by atoms with Crippen LogP contribution in [0, 0.1) is 0 Å². The summed E-state index contributed by atoms with van der Waals surface area (Å²) in [5.41, 5.74) is 0.859. The summed E-state index contributed by atoms with van der Waals surface area (Å²) in [4.78, 5) is 4.30. The lowest BCUT2D eigenvalue weighted by molar-refractivity contribution is 0.491. The van der Waals surface area contributed by atoms with Crippen LogP contribution in [0.4, 0.5) is 0 Å². The molecule has 0 amide bonds. The van der Waals surface area contributed by atoms with Crippen molar-refractivity contribution in [2.45, 2.75) is 31.7 Å². The molecular weight excluding hydrogens is 295 g/mol. The van der Waals surface area contributed by atoms with Crippen molar-refractivity contribution >= 4 is 23.2 Å². The van der Waals surface area contributed by atoms with Gasteiger partial charge in [0, 0.05) is 28.1 Å². The summed E-state index contributed by atoms with van der Waals surface area (Å²) in [5.74, 6) is 1.47. The molecule has 1 aliphatic carbocycles. The lowest BCUT2D eigenvalue weighted by atomic mass is 10.2. The number of aromatic nitrogens is 1. The van der Waals surface area contributed by atoms with E-state index >= 15 is 0 Å². The molecule has 2 aromatic rings. The number of nitrogens with zero attached hydrogens (tertiary/aromatic N) is 1. The van der Waals surface area contributed by atoms with E-state index in [0.29, 0.717) is 15.8 Å². The Bertz CT molecular complexity index is 573. The smallest absolute Gasteiger partial charge is 0.194 e. The fourth-order valence-electron chi connectivity index (χ4n) is 2.09. The lowest BCUT2D eigenvalue weighted by Crippen LogP contribution is -2.17. The molecule has 1 aromatic heterocycles. The summed E-state index contributed by atoms with van der Waals surface area (Å²) in [6.45, 7) is 1.02. The van der Waals surface area contributed by atoms with E-state index in [-0.39, 0.29) is 0 Å². The number of hydrogen-bond donors (Lipinski definition) is 1. The Kier molecular flexibility index (Phi) is 4.29. The van der Waals surface area contributed by atoms with Crippen molar-refractivity contribution in [2.75, 3.05) is 6.54 Å². The van der Waals surface area contributed by atoms with Gasteiger partial charge in [-0.25, -0.2) is 4.98 Å². The van der Waals surface area contributed by atoms with E-state index in [1.165, 1.54) is 12.8 Å². The monoisotopic (exact) mass is 310 g/mol. The molecular formula is C15H16Cl2N2O. The fraction of sp³-hybridized carbons (Fsp3) is 0.400. The third kappa shape index (κ3) is 3.75. The van der Waals surface area contributed by atoms with Crippen molar-refractivity contribution < 1.29 is 4.42 Å². The van der Waals surface area contributed by atoms with Gasteiger partial charge in [-0.15, -0.1) is 0 Å². The van der Waals surface area contributed by atoms with Crippen molar-refractivity contribution in [3.8, 4) is 11.3 Å². The second kappa shape index (κ2) is 6.17. The summed E-state index contributed by atoms with van der Waals surface area (Å²) < 4.78 is 5.75. The van der Waals surface area contributed by atoms with Crippen molar-refractivity contribution in [3.63, 3.8) is 0 Å². The van der Waals surface area contributed by atoms with Crippen molar-refractivity contribution in [2.24, 2.45) is 0 Å². The number of aryl methyl sites for hydroxylation is 1. The minimum Gasteiger partial charge on any atom is -0.441 e. The van der Waals surface area contributed by atoms with E-state index in [2.05, 4.69) is 10.3 Å². The summed E-state index contributed by atoms with van der Waals surface area (Å²) in [6, 6.07) is 6.11. The Hall–Kier alpha value is -1.03. The van der Waals surface area contributed by atoms with Crippen molar-refractivity contribution in [1.29, 1.82) is 0 Å². The highest BCUT2D eigenvalue weighted by molar-refractivity contribution is 6.35. The molecule has 1 heterocycles. The van der Waals surface area contributed by atoms with E-state index in [0.717, 1.165) is 36.9 Å². The van der Waals surface area contributed by atoms with Crippen LogP contribution in [0.1, 0.15) is 25.2 Å². The minimum absolute atomic E-state index is 0.596. The van der Waals surface area contributed by atoms with Gasteiger partial charge < -0.3 is 9.73 Å². The van der Waals surface area contributed by atoms with Gasteiger partial charge in [0.2, 0.25) is 0 Å². The van der Waals surface area contributed by atoms with Gasteiger partial charge in [0.1, 0.15) is 0 Å². The van der Waals surface area contributed by atoms with Gasteiger partial charge in [-0.3, -0.25) is 0 Å². The van der Waals surface area contributed by atoms with Crippen LogP contribution in [0.5, 0.6) is 0 Å². The molecule has 0 atom stereocenters. The Morgan fingerprint density at radius 1 is 1.20 bits per heavy atom. The summed E-state index contributed by atoms with van der Waals surface area (Å²) in [5, 5.41) is 4.67. The topological polar surface area (TPSA) is 38.1 Å². The number of halogens is 2. The first-order chi connectivity index (χ1) is 9.70. The Labute approximate surface area is 128 Å². The van der Waals surface area contributed by atoms with Gasteiger partial charge in [-0.1, -0.05) is 23.2 Å². The fourth-order valence-corrected chi connectivity index (χ4v) is 2.61. The minimum atomic E-state index is 0.596. The van der Waals surface area contributed by atoms with Gasteiger partial charge in [-0.2, -0.15) is 0 Å². The Morgan fingerprint density at radius 3 is 2.65 bits per heavy atom. The van der Waals surface area contributed by atoms with E-state index in [1.807, 2.05) is 12.1 Å². The first kappa shape index (κ1) is 13.9. The number of benzene rings is 1. The third-order valence-electron chi connectivity index (χ3n) is 3.28. The standard InChI is InChI=1S/C15H16Cl2N2O/c16-11-6-10(7-12(17)8-11)14-9-19-15(20-14)2-1-5-18-13-3-4-13/h6-9,13,18H,1-5H2. The number of rotatable bonds is 6. The van der Waals surface area contributed by atoms with Crippen LogP contribution in [0.15, 0.2) is 28.8 Å². The average Bonchev–Trinajstić information content (AvgIpc) is 3.10. The molecule has 5 heteroatoms. The molecule has 3 rings (SSSR count). The number of oxazole rings is 1. The highest BCUT2D eigenvalue weighted by Crippen LogP contribution is 2.27. The first-order valence-corrected chi connectivity index (χ1v) is 7.61. The highest BCUT2D eigenvalue weighted by Gasteiger charge is 2.19. The largest absolute Gasteiger partial charge is 0.441 e. The number of hydrogen-bond acceptors (Lipinski definition) is 3. The molecule has 1 aromatic carbocycles. The lowest BCUT2D eigenvalue weighted by Gasteiger charge is -2.00. The predicted octanol–water partition coefficient (Wildman–Crippen LogP) is 4.33. The molecule has 0 spiro atoms. The molecule has 0 saturated heterocycles. The quantitative estimate of drug-likeness (QED) is 0.807. The molecule has 106 valence electrons. The van der Waals surface area contributed by atoms with E-state index in [4.69, 9.17) is 27.6 Å². The van der Waals surface area contributed by atoms with E-state index in [1.54, 1.807) is 12.3 Å². The van der Waals surface area contributed by atoms with Gasteiger partial charge in [0.15, 0.2) is 11.7 Å². The van der Waals surface area contributed by atoms with Crippen LogP contribution in [-0.4, -0.2) is 17.6 Å². The van der Waals surface area contributed by atoms with Gasteiger partial charge >= 0.3 is 0 Å². The molecule has 1 aliphatic rings. The van der Waals surface area contributed by atoms with Crippen LogP contribution in [0.25, 0.3) is 11.3 Å². The molecule has 1 N–H and O–H groups in total. The Balaban J connectivity index is 1.60. The number of nitrogens with one attached hydrogen (secondary N) is 1. The summed E-state index contributed by atoms with van der Waals surface area (Å²) >= 11 is 12.0. The van der Waals surface area contributed by atoms with Crippen LogP contribution >= 0.6 is 23.2 Å². The SMILES string of the molecule is Clc1cc(Cl)cc(-c2cnc(CCCNC3CC3)o2)c1. The maximum absolute atomic E-state index is 5.99. The molecule has 1 fully saturated rings. The zero-order valence-electron chi connectivity index (χ0n) is 11.0. The van der Waals surface area contributed by atoms with Crippen LogP contribution in [0.3, 0.4) is 0 Å². The van der Waals surface area contributed by atoms with E-state index in [9.17, 15) is 0 Å². The maximum atomic E-state index is 5.99. The summed E-state index contributed by atoms with van der Waals surface area (Å²) in [6.07, 6.45) is 6.24. The maximum Gasteiger partial charge on any atom is 0.194 e. The van der Waals surface area contributed by atoms with Crippen LogP contribution < -0.4 is 5.32 Å². The Morgan fingerprint density at radius 2 is 1.95 bits per heavy atom. The molecule has 3 nitrogen and oxygen atoms in total. The van der Waals surface area contributed by atoms with Gasteiger partial charge in [0.25, 0.3) is 0 Å². The average molecular weight is 311 g/mol. The second-order valence-corrected chi connectivity index (χ2v) is 5.98. The molecule has 0 radical (unpaired) electrons. The molecule has 20 heavy (non-hydrogen) atoms. The molecule has 1 saturated carbocycles. The molecule has 0 bridgehead atoms. The first-order valence-electron chi connectivity index (χ1n) is 6.85. The van der Waals surface area contributed by atoms with Crippen LogP contribution in [0.2, 0.25) is 10.0 Å². The molecule has 0 aliphatic heterocycles. The zero-order chi connectivity index (χ0) is 13.9. The molecule has 0 unspecified atom stereocenters. The predicted molar refractivity (Wildman–Crippen MR) is 81.3 cm³/mol. The van der Waals surface area contributed by atoms with Crippen molar-refractivity contribution in [1.82, 2.24) is 10.3 Å².